The van der Waals surface area contributed by atoms with E-state index in [-0.39, 0.29) is 6.04 Å². The molecule has 3 rings (SSSR count). The maximum atomic E-state index is 4.41. The zero-order valence-electron chi connectivity index (χ0n) is 13.4. The highest BCUT2D eigenvalue weighted by Gasteiger charge is 2.21. The van der Waals surface area contributed by atoms with E-state index in [2.05, 4.69) is 39.3 Å². The molecule has 0 unspecified atom stereocenters. The Balaban J connectivity index is 1.85. The topological polar surface area (TPSA) is 59.7 Å². The van der Waals surface area contributed by atoms with Crippen LogP contribution in [0.25, 0.3) is 5.69 Å². The lowest BCUT2D eigenvalue weighted by atomic mass is 10.2. The van der Waals surface area contributed by atoms with E-state index in [9.17, 15) is 0 Å². The lowest BCUT2D eigenvalue weighted by Crippen LogP contribution is -2.29. The minimum atomic E-state index is 0.0808. The van der Waals surface area contributed by atoms with E-state index < -0.39 is 0 Å². The molecule has 1 aromatic carbocycles. The first kappa shape index (κ1) is 15.3. The van der Waals surface area contributed by atoms with Crippen LogP contribution in [-0.4, -0.2) is 36.6 Å². The quantitative estimate of drug-likeness (QED) is 0.700. The first-order valence-electron chi connectivity index (χ1n) is 7.77. The number of aromatic nitrogens is 5. The number of rotatable bonds is 6. The van der Waals surface area contributed by atoms with Crippen LogP contribution >= 0.6 is 0 Å². The average Bonchev–Trinajstić information content (AvgIpc) is 3.10. The molecule has 118 valence electrons. The third kappa shape index (κ3) is 3.43. The Bertz CT molecular complexity index is 725. The van der Waals surface area contributed by atoms with Gasteiger partial charge in [-0.05, 0) is 48.2 Å². The minimum Gasteiger partial charge on any atom is -0.288 e. The van der Waals surface area contributed by atoms with Crippen molar-refractivity contribution >= 4 is 0 Å². The zero-order valence-corrected chi connectivity index (χ0v) is 13.4. The van der Waals surface area contributed by atoms with Gasteiger partial charge in [-0.3, -0.25) is 9.88 Å². The summed E-state index contributed by atoms with van der Waals surface area (Å²) in [6, 6.07) is 16.0. The lowest BCUT2D eigenvalue weighted by Gasteiger charge is -2.26. The molecule has 0 amide bonds. The van der Waals surface area contributed by atoms with Crippen LogP contribution in [0.15, 0.2) is 54.7 Å². The standard InChI is InChI=1S/C17H20N6/c1-3-22(13-15-9-7-8-12-18-15)14(2)17-19-20-21-23(17)16-10-5-4-6-11-16/h4-12,14H,3,13H2,1-2H3/t14-/m0/s1. The van der Waals surface area contributed by atoms with Gasteiger partial charge in [0.2, 0.25) is 0 Å². The van der Waals surface area contributed by atoms with E-state index >= 15 is 0 Å². The van der Waals surface area contributed by atoms with Gasteiger partial charge in [0.25, 0.3) is 0 Å². The summed E-state index contributed by atoms with van der Waals surface area (Å²) in [5.41, 5.74) is 2.01. The van der Waals surface area contributed by atoms with Crippen LogP contribution in [-0.2, 0) is 6.54 Å². The molecular weight excluding hydrogens is 288 g/mol. The SMILES string of the molecule is CCN(Cc1ccccn1)[C@@H](C)c1nnnn1-c1ccccc1. The van der Waals surface area contributed by atoms with E-state index in [1.165, 1.54) is 0 Å². The normalized spacial score (nSPS) is 12.5. The van der Waals surface area contributed by atoms with Crippen LogP contribution in [0.3, 0.4) is 0 Å². The maximum absolute atomic E-state index is 4.41. The van der Waals surface area contributed by atoms with Gasteiger partial charge in [0, 0.05) is 12.7 Å². The molecule has 2 heterocycles. The third-order valence-electron chi connectivity index (χ3n) is 3.91. The first-order valence-corrected chi connectivity index (χ1v) is 7.77. The molecule has 0 saturated heterocycles. The number of para-hydroxylation sites is 1. The maximum Gasteiger partial charge on any atom is 0.173 e. The van der Waals surface area contributed by atoms with E-state index in [0.717, 1.165) is 30.3 Å². The Hall–Kier alpha value is -2.60. The largest absolute Gasteiger partial charge is 0.288 e. The molecule has 0 fully saturated rings. The molecule has 2 aromatic heterocycles. The Morgan fingerprint density at radius 3 is 2.57 bits per heavy atom. The van der Waals surface area contributed by atoms with Crippen LogP contribution < -0.4 is 0 Å². The summed E-state index contributed by atoms with van der Waals surface area (Å²) in [4.78, 5) is 6.71. The Morgan fingerprint density at radius 2 is 1.87 bits per heavy atom. The van der Waals surface area contributed by atoms with Gasteiger partial charge in [0.05, 0.1) is 17.4 Å². The van der Waals surface area contributed by atoms with Gasteiger partial charge in [-0.2, -0.15) is 4.68 Å². The molecule has 0 aliphatic rings. The summed E-state index contributed by atoms with van der Waals surface area (Å²) in [7, 11) is 0. The van der Waals surface area contributed by atoms with Crippen LogP contribution in [0.1, 0.15) is 31.4 Å². The van der Waals surface area contributed by atoms with E-state index in [0.29, 0.717) is 0 Å². The lowest BCUT2D eigenvalue weighted by molar-refractivity contribution is 0.200. The molecule has 6 heteroatoms. The molecule has 0 aliphatic carbocycles. The fraction of sp³-hybridized carbons (Fsp3) is 0.294. The Kier molecular flexibility index (Phi) is 4.73. The second-order valence-electron chi connectivity index (χ2n) is 5.34. The molecule has 0 saturated carbocycles. The fourth-order valence-corrected chi connectivity index (χ4v) is 2.59. The van der Waals surface area contributed by atoms with E-state index in [1.54, 1.807) is 4.68 Å². The van der Waals surface area contributed by atoms with Crippen molar-refractivity contribution < 1.29 is 0 Å². The van der Waals surface area contributed by atoms with Crippen LogP contribution in [0.4, 0.5) is 0 Å². The fourth-order valence-electron chi connectivity index (χ4n) is 2.59. The summed E-state index contributed by atoms with van der Waals surface area (Å²) < 4.78 is 1.80. The van der Waals surface area contributed by atoms with Crippen LogP contribution in [0.5, 0.6) is 0 Å². The van der Waals surface area contributed by atoms with Gasteiger partial charge in [0.1, 0.15) is 0 Å². The Labute approximate surface area is 135 Å². The second-order valence-corrected chi connectivity index (χ2v) is 5.34. The first-order chi connectivity index (χ1) is 11.3. The van der Waals surface area contributed by atoms with Crippen molar-refractivity contribution in [1.82, 2.24) is 30.1 Å². The molecule has 0 bridgehead atoms. The van der Waals surface area contributed by atoms with Crippen molar-refractivity contribution in [2.45, 2.75) is 26.4 Å². The summed E-state index contributed by atoms with van der Waals surface area (Å²) in [6.45, 7) is 5.91. The molecule has 0 N–H and O–H groups in total. The summed E-state index contributed by atoms with van der Waals surface area (Å²) >= 11 is 0. The minimum absolute atomic E-state index is 0.0808. The van der Waals surface area contributed by atoms with Crippen LogP contribution in [0, 0.1) is 0 Å². The summed E-state index contributed by atoms with van der Waals surface area (Å²) in [5, 5.41) is 12.3. The molecule has 3 aromatic rings. The highest BCUT2D eigenvalue weighted by atomic mass is 15.6. The van der Waals surface area contributed by atoms with Gasteiger partial charge in [-0.1, -0.05) is 31.2 Å². The molecule has 0 radical (unpaired) electrons. The molecular formula is C17H20N6. The van der Waals surface area contributed by atoms with Gasteiger partial charge in [0.15, 0.2) is 5.82 Å². The third-order valence-corrected chi connectivity index (χ3v) is 3.91. The zero-order chi connectivity index (χ0) is 16.1. The second kappa shape index (κ2) is 7.11. The summed E-state index contributed by atoms with van der Waals surface area (Å²) in [6.07, 6.45) is 1.82. The number of benzene rings is 1. The van der Waals surface area contributed by atoms with Crippen LogP contribution in [0.2, 0.25) is 0 Å². The highest BCUT2D eigenvalue weighted by molar-refractivity contribution is 5.30. The van der Waals surface area contributed by atoms with Crippen molar-refractivity contribution in [3.05, 3.63) is 66.2 Å². The molecule has 0 aliphatic heterocycles. The van der Waals surface area contributed by atoms with Crippen molar-refractivity contribution in [1.29, 1.82) is 0 Å². The predicted octanol–water partition coefficient (Wildman–Crippen LogP) is 2.64. The van der Waals surface area contributed by atoms with E-state index in [1.807, 2.05) is 54.7 Å². The number of pyridine rings is 1. The smallest absolute Gasteiger partial charge is 0.173 e. The number of tetrazole rings is 1. The summed E-state index contributed by atoms with van der Waals surface area (Å²) in [5.74, 6) is 0.828. The van der Waals surface area contributed by atoms with Crippen molar-refractivity contribution in [2.75, 3.05) is 6.54 Å². The molecule has 1 atom stereocenters. The number of hydrogen-bond acceptors (Lipinski definition) is 5. The average molecular weight is 308 g/mol. The van der Waals surface area contributed by atoms with Gasteiger partial charge in [-0.15, -0.1) is 5.10 Å². The number of nitrogens with zero attached hydrogens (tertiary/aromatic N) is 6. The van der Waals surface area contributed by atoms with Gasteiger partial charge < -0.3 is 0 Å². The number of hydrogen-bond donors (Lipinski definition) is 0. The van der Waals surface area contributed by atoms with Gasteiger partial charge in [-0.25, -0.2) is 0 Å². The predicted molar refractivity (Wildman–Crippen MR) is 87.9 cm³/mol. The monoisotopic (exact) mass is 308 g/mol. The highest BCUT2D eigenvalue weighted by Crippen LogP contribution is 2.21. The Morgan fingerprint density at radius 1 is 1.09 bits per heavy atom. The van der Waals surface area contributed by atoms with E-state index in [4.69, 9.17) is 0 Å². The van der Waals surface area contributed by atoms with Crippen molar-refractivity contribution in [3.63, 3.8) is 0 Å². The van der Waals surface area contributed by atoms with Crippen molar-refractivity contribution in [3.8, 4) is 5.69 Å². The molecule has 6 nitrogen and oxygen atoms in total. The van der Waals surface area contributed by atoms with Gasteiger partial charge >= 0.3 is 0 Å². The van der Waals surface area contributed by atoms with Crippen molar-refractivity contribution in [2.24, 2.45) is 0 Å². The molecule has 0 spiro atoms. The molecule has 23 heavy (non-hydrogen) atoms.